The minimum Gasteiger partial charge on any atom is -0.396 e. The smallest absolute Gasteiger partial charge is 0.251 e. The molecule has 4 N–H and O–H groups in total. The number of nitrogens with one attached hydrogen (secondary N) is 1. The molecule has 1 amide bonds. The maximum absolute atomic E-state index is 13.0. The zero-order chi connectivity index (χ0) is 26.4. The zero-order valence-electron chi connectivity index (χ0n) is 23.2. The van der Waals surface area contributed by atoms with Crippen molar-refractivity contribution >= 4 is 5.91 Å². The van der Waals surface area contributed by atoms with Crippen LogP contribution < -0.4 is 5.32 Å². The molecule has 10 atom stereocenters. The summed E-state index contributed by atoms with van der Waals surface area (Å²) in [4.78, 5) is 13.0. The molecule has 4 aliphatic rings. The lowest BCUT2D eigenvalue weighted by molar-refractivity contribution is -0.169. The second-order valence-electron chi connectivity index (χ2n) is 13.6. The van der Waals surface area contributed by atoms with Crippen molar-refractivity contribution in [1.82, 2.24) is 5.32 Å². The van der Waals surface area contributed by atoms with E-state index in [0.717, 1.165) is 38.5 Å². The van der Waals surface area contributed by atoms with Gasteiger partial charge in [0.1, 0.15) is 0 Å². The van der Waals surface area contributed by atoms with Crippen LogP contribution in [0, 0.1) is 46.3 Å². The van der Waals surface area contributed by atoms with Crippen LogP contribution in [0.5, 0.6) is 0 Å². The summed E-state index contributed by atoms with van der Waals surface area (Å²) in [6.07, 6.45) is 10.7. The molecule has 1 aromatic rings. The molecule has 10 unspecified atom stereocenters. The average Bonchev–Trinajstić information content (AvgIpc) is 3.26. The Kier molecular flexibility index (Phi) is 7.79. The van der Waals surface area contributed by atoms with Crippen LogP contribution in [0.15, 0.2) is 24.3 Å². The molecule has 5 rings (SSSR count). The van der Waals surface area contributed by atoms with Gasteiger partial charge >= 0.3 is 0 Å². The average molecular weight is 512 g/mol. The van der Waals surface area contributed by atoms with Gasteiger partial charge in [0.05, 0.1) is 12.7 Å². The number of amides is 1. The molecule has 0 aromatic heterocycles. The Morgan fingerprint density at radius 2 is 1.84 bits per heavy atom. The van der Waals surface area contributed by atoms with Crippen LogP contribution in [0.4, 0.5) is 0 Å². The van der Waals surface area contributed by atoms with Crippen LogP contribution in [0.25, 0.3) is 0 Å². The first-order valence-corrected chi connectivity index (χ1v) is 15.0. The van der Waals surface area contributed by atoms with Crippen molar-refractivity contribution in [2.45, 2.75) is 104 Å². The molecule has 0 radical (unpaired) electrons. The number of hydrogen-bond acceptors (Lipinski definition) is 4. The van der Waals surface area contributed by atoms with E-state index in [9.17, 15) is 20.1 Å². The van der Waals surface area contributed by atoms with Crippen molar-refractivity contribution in [3.05, 3.63) is 35.4 Å². The zero-order valence-corrected chi connectivity index (χ0v) is 23.2. The largest absolute Gasteiger partial charge is 0.396 e. The summed E-state index contributed by atoms with van der Waals surface area (Å²) >= 11 is 0. The third kappa shape index (κ3) is 4.57. The van der Waals surface area contributed by atoms with Gasteiger partial charge in [0, 0.05) is 18.2 Å². The molecular weight excluding hydrogens is 462 g/mol. The van der Waals surface area contributed by atoms with Crippen molar-refractivity contribution < 1.29 is 20.1 Å². The molecule has 37 heavy (non-hydrogen) atoms. The topological polar surface area (TPSA) is 89.8 Å². The normalized spacial score (nSPS) is 41.8. The molecule has 4 fully saturated rings. The van der Waals surface area contributed by atoms with Gasteiger partial charge in [-0.15, -0.1) is 0 Å². The van der Waals surface area contributed by atoms with E-state index in [2.05, 4.69) is 26.1 Å². The molecular formula is C32H49NO4. The number of hydrogen-bond donors (Lipinski definition) is 4. The van der Waals surface area contributed by atoms with Crippen LogP contribution in [0.3, 0.4) is 0 Å². The SMILES string of the molecule is CC(CCCO)C1CCC2C3CCC4CC(NC(=O)c5ccccc5CO)CCC4(C)C3CC(O)C12C. The van der Waals surface area contributed by atoms with Gasteiger partial charge in [0.2, 0.25) is 0 Å². The summed E-state index contributed by atoms with van der Waals surface area (Å²) in [5.74, 6) is 3.49. The van der Waals surface area contributed by atoms with E-state index < -0.39 is 0 Å². The molecule has 0 bridgehead atoms. The number of aliphatic hydroxyl groups is 3. The molecule has 4 aliphatic carbocycles. The van der Waals surface area contributed by atoms with Gasteiger partial charge in [0.25, 0.3) is 5.91 Å². The molecule has 0 saturated heterocycles. The predicted molar refractivity (Wildman–Crippen MR) is 146 cm³/mol. The first-order valence-electron chi connectivity index (χ1n) is 15.0. The Morgan fingerprint density at radius 1 is 1.05 bits per heavy atom. The van der Waals surface area contributed by atoms with Gasteiger partial charge in [0.15, 0.2) is 0 Å². The summed E-state index contributed by atoms with van der Waals surface area (Å²) in [6.45, 7) is 7.39. The van der Waals surface area contributed by atoms with Crippen LogP contribution in [-0.2, 0) is 6.61 Å². The Hall–Kier alpha value is -1.43. The lowest BCUT2D eigenvalue weighted by atomic mass is 9.43. The highest BCUT2D eigenvalue weighted by Gasteiger charge is 2.63. The first kappa shape index (κ1) is 27.1. The minimum atomic E-state index is -0.245. The van der Waals surface area contributed by atoms with E-state index in [1.165, 1.54) is 25.7 Å². The number of carbonyl (C=O) groups excluding carboxylic acids is 1. The van der Waals surface area contributed by atoms with E-state index in [1.54, 1.807) is 6.07 Å². The van der Waals surface area contributed by atoms with E-state index in [1.807, 2.05) is 18.2 Å². The number of aliphatic hydroxyl groups excluding tert-OH is 3. The molecule has 0 heterocycles. The molecule has 5 heteroatoms. The number of benzene rings is 1. The quantitative estimate of drug-likeness (QED) is 0.399. The standard InChI is InChI=1S/C32H49NO4/c1-20(7-6-16-34)26-12-13-27-25-11-10-22-17-23(33-30(37)24-9-5-4-8-21(24)19-35)14-15-31(22,2)28(25)18-29(36)32(26,27)3/h4-5,8-9,20,22-23,25-29,34-36H,6-7,10-19H2,1-3H3,(H,33,37). The minimum absolute atomic E-state index is 0.00447. The molecule has 0 aliphatic heterocycles. The van der Waals surface area contributed by atoms with Crippen LogP contribution in [0.1, 0.15) is 101 Å². The molecule has 0 spiro atoms. The van der Waals surface area contributed by atoms with E-state index in [0.29, 0.717) is 46.6 Å². The lowest BCUT2D eigenvalue weighted by Gasteiger charge is -2.62. The summed E-state index contributed by atoms with van der Waals surface area (Å²) in [5, 5.41) is 34.1. The van der Waals surface area contributed by atoms with E-state index in [-0.39, 0.29) is 42.1 Å². The highest BCUT2D eigenvalue weighted by atomic mass is 16.3. The van der Waals surface area contributed by atoms with Crippen molar-refractivity contribution in [3.8, 4) is 0 Å². The second-order valence-corrected chi connectivity index (χ2v) is 13.6. The summed E-state index contributed by atoms with van der Waals surface area (Å²) < 4.78 is 0. The van der Waals surface area contributed by atoms with Crippen molar-refractivity contribution in [2.24, 2.45) is 46.3 Å². The van der Waals surface area contributed by atoms with E-state index >= 15 is 0 Å². The van der Waals surface area contributed by atoms with Crippen LogP contribution in [-0.4, -0.2) is 40.0 Å². The van der Waals surface area contributed by atoms with Gasteiger partial charge in [-0.05, 0) is 122 Å². The highest BCUT2D eigenvalue weighted by molar-refractivity contribution is 5.95. The van der Waals surface area contributed by atoms with Crippen molar-refractivity contribution in [1.29, 1.82) is 0 Å². The Morgan fingerprint density at radius 3 is 2.59 bits per heavy atom. The summed E-state index contributed by atoms with van der Waals surface area (Å²) in [5.41, 5.74) is 1.50. The Labute approximate surface area is 223 Å². The third-order valence-corrected chi connectivity index (χ3v) is 12.1. The Bertz CT molecular complexity index is 966. The number of fused-ring (bicyclic) bond motifs is 5. The maximum Gasteiger partial charge on any atom is 0.251 e. The predicted octanol–water partition coefficient (Wildman–Crippen LogP) is 5.32. The fourth-order valence-corrected chi connectivity index (χ4v) is 10.1. The molecule has 5 nitrogen and oxygen atoms in total. The van der Waals surface area contributed by atoms with Gasteiger partial charge in [-0.25, -0.2) is 0 Å². The fraction of sp³-hybridized carbons (Fsp3) is 0.781. The van der Waals surface area contributed by atoms with Gasteiger partial charge in [-0.2, -0.15) is 0 Å². The number of rotatable bonds is 7. The number of carbonyl (C=O) groups is 1. The van der Waals surface area contributed by atoms with E-state index in [4.69, 9.17) is 0 Å². The highest BCUT2D eigenvalue weighted by Crippen LogP contribution is 2.68. The summed E-state index contributed by atoms with van der Waals surface area (Å²) in [6, 6.07) is 7.52. The maximum atomic E-state index is 13.0. The molecule has 206 valence electrons. The fourth-order valence-electron chi connectivity index (χ4n) is 10.1. The van der Waals surface area contributed by atoms with Crippen molar-refractivity contribution in [3.63, 3.8) is 0 Å². The Balaban J connectivity index is 1.28. The van der Waals surface area contributed by atoms with Crippen molar-refractivity contribution in [2.75, 3.05) is 6.61 Å². The molecule has 1 aromatic carbocycles. The summed E-state index contributed by atoms with van der Waals surface area (Å²) in [7, 11) is 0. The first-order chi connectivity index (χ1) is 17.7. The molecule has 4 saturated carbocycles. The lowest BCUT2D eigenvalue weighted by Crippen LogP contribution is -2.59. The monoisotopic (exact) mass is 511 g/mol. The third-order valence-electron chi connectivity index (χ3n) is 12.1. The van der Waals surface area contributed by atoms with Crippen LogP contribution >= 0.6 is 0 Å². The van der Waals surface area contributed by atoms with Gasteiger partial charge in [-0.3, -0.25) is 4.79 Å². The van der Waals surface area contributed by atoms with Gasteiger partial charge in [-0.1, -0.05) is 39.0 Å². The second kappa shape index (κ2) is 10.6. The van der Waals surface area contributed by atoms with Crippen LogP contribution in [0.2, 0.25) is 0 Å². The van der Waals surface area contributed by atoms with Gasteiger partial charge < -0.3 is 20.6 Å².